The van der Waals surface area contributed by atoms with Crippen LogP contribution in [0.25, 0.3) is 0 Å². The minimum Gasteiger partial charge on any atom is -0.389 e. The minimum atomic E-state index is -3.49. The molecule has 0 aliphatic carbocycles. The van der Waals surface area contributed by atoms with Crippen LogP contribution in [0.2, 0.25) is 0 Å². The maximum Gasteiger partial charge on any atom is 0.236 e. The van der Waals surface area contributed by atoms with E-state index in [1.165, 1.54) is 12.4 Å². The molecule has 3 N–H and O–H groups in total. The van der Waals surface area contributed by atoms with Crippen LogP contribution in [0.3, 0.4) is 0 Å². The Morgan fingerprint density at radius 3 is 2.60 bits per heavy atom. The van der Waals surface area contributed by atoms with Gasteiger partial charge in [-0.2, -0.15) is 0 Å². The standard InChI is InChI=1S/C13H13N3O2S2/c14-13(19)11-3-1-2-10(8-11)9-20(17,18)16-12-4-6-15-7-5-12/h1-8H,9H2,(H2,14,19)(H,15,16). The van der Waals surface area contributed by atoms with Crippen molar-refractivity contribution in [2.45, 2.75) is 5.75 Å². The van der Waals surface area contributed by atoms with Crippen LogP contribution in [0.5, 0.6) is 0 Å². The molecule has 0 fully saturated rings. The van der Waals surface area contributed by atoms with Crippen LogP contribution in [0.15, 0.2) is 48.8 Å². The Bertz CT molecular complexity index is 715. The highest BCUT2D eigenvalue weighted by atomic mass is 32.2. The highest BCUT2D eigenvalue weighted by Gasteiger charge is 2.12. The minimum absolute atomic E-state index is 0.147. The molecule has 0 atom stereocenters. The van der Waals surface area contributed by atoms with Gasteiger partial charge in [-0.1, -0.05) is 30.4 Å². The number of benzene rings is 1. The molecule has 1 aromatic heterocycles. The molecule has 0 aliphatic rings. The smallest absolute Gasteiger partial charge is 0.236 e. The van der Waals surface area contributed by atoms with Crippen molar-refractivity contribution in [2.75, 3.05) is 4.72 Å². The first-order chi connectivity index (χ1) is 9.46. The summed E-state index contributed by atoms with van der Waals surface area (Å²) in [6.07, 6.45) is 3.04. The third kappa shape index (κ3) is 4.01. The van der Waals surface area contributed by atoms with E-state index in [4.69, 9.17) is 18.0 Å². The Morgan fingerprint density at radius 1 is 1.25 bits per heavy atom. The second kappa shape index (κ2) is 5.98. The van der Waals surface area contributed by atoms with Crippen LogP contribution in [0, 0.1) is 0 Å². The van der Waals surface area contributed by atoms with Gasteiger partial charge in [0, 0.05) is 18.0 Å². The summed E-state index contributed by atoms with van der Waals surface area (Å²) in [5, 5.41) is 0. The first kappa shape index (κ1) is 14.4. The van der Waals surface area contributed by atoms with Crippen molar-refractivity contribution in [1.82, 2.24) is 4.98 Å². The Kier molecular flexibility index (Phi) is 4.31. The second-order valence-electron chi connectivity index (χ2n) is 4.16. The molecule has 1 aromatic carbocycles. The molecular weight excluding hydrogens is 294 g/mol. The molecule has 2 rings (SSSR count). The summed E-state index contributed by atoms with van der Waals surface area (Å²) in [7, 11) is -3.49. The normalized spacial score (nSPS) is 11.0. The second-order valence-corrected chi connectivity index (χ2v) is 6.32. The lowest BCUT2D eigenvalue weighted by Gasteiger charge is -2.08. The topological polar surface area (TPSA) is 85.1 Å². The Morgan fingerprint density at radius 2 is 1.95 bits per heavy atom. The summed E-state index contributed by atoms with van der Waals surface area (Å²) in [5.41, 5.74) is 7.28. The van der Waals surface area contributed by atoms with Crippen molar-refractivity contribution < 1.29 is 8.42 Å². The Hall–Kier alpha value is -1.99. The molecule has 7 heteroatoms. The molecule has 104 valence electrons. The molecule has 0 aliphatic heterocycles. The predicted octanol–water partition coefficient (Wildman–Crippen LogP) is 1.66. The van der Waals surface area contributed by atoms with Gasteiger partial charge >= 0.3 is 0 Å². The molecule has 0 amide bonds. The average Bonchev–Trinajstić information content (AvgIpc) is 2.39. The molecule has 0 unspecified atom stereocenters. The lowest BCUT2D eigenvalue weighted by atomic mass is 10.1. The average molecular weight is 307 g/mol. The van der Waals surface area contributed by atoms with Gasteiger partial charge < -0.3 is 5.73 Å². The van der Waals surface area contributed by atoms with Gasteiger partial charge in [0.25, 0.3) is 0 Å². The van der Waals surface area contributed by atoms with E-state index >= 15 is 0 Å². The van der Waals surface area contributed by atoms with Crippen molar-refractivity contribution in [1.29, 1.82) is 0 Å². The zero-order chi connectivity index (χ0) is 14.6. The number of pyridine rings is 1. The van der Waals surface area contributed by atoms with Gasteiger partial charge in [0.1, 0.15) is 4.99 Å². The largest absolute Gasteiger partial charge is 0.389 e. The lowest BCUT2D eigenvalue weighted by Crippen LogP contribution is -2.16. The number of nitrogens with two attached hydrogens (primary N) is 1. The number of thiocarbonyl (C=S) groups is 1. The van der Waals surface area contributed by atoms with E-state index in [0.29, 0.717) is 16.8 Å². The van der Waals surface area contributed by atoms with E-state index in [2.05, 4.69) is 9.71 Å². The van der Waals surface area contributed by atoms with E-state index in [0.717, 1.165) is 0 Å². The van der Waals surface area contributed by atoms with Crippen LogP contribution >= 0.6 is 12.2 Å². The SMILES string of the molecule is NC(=S)c1cccc(CS(=O)(=O)Nc2ccncc2)c1. The number of hydrogen-bond acceptors (Lipinski definition) is 4. The fraction of sp³-hybridized carbons (Fsp3) is 0.0769. The Labute approximate surface area is 122 Å². The number of sulfonamides is 1. The van der Waals surface area contributed by atoms with Gasteiger partial charge in [-0.15, -0.1) is 0 Å². The van der Waals surface area contributed by atoms with E-state index in [1.807, 2.05) is 0 Å². The van der Waals surface area contributed by atoms with Crippen molar-refractivity contribution in [3.05, 3.63) is 59.9 Å². The zero-order valence-electron chi connectivity index (χ0n) is 10.5. The van der Waals surface area contributed by atoms with Crippen LogP contribution in [-0.2, 0) is 15.8 Å². The summed E-state index contributed by atoms with van der Waals surface area (Å²) in [6.45, 7) is 0. The van der Waals surface area contributed by atoms with Gasteiger partial charge in [-0.05, 0) is 23.8 Å². The molecule has 0 spiro atoms. The third-order valence-electron chi connectivity index (χ3n) is 2.52. The van der Waals surface area contributed by atoms with Gasteiger partial charge in [-0.3, -0.25) is 9.71 Å². The molecule has 0 saturated carbocycles. The van der Waals surface area contributed by atoms with E-state index in [9.17, 15) is 8.42 Å². The highest BCUT2D eigenvalue weighted by Crippen LogP contribution is 2.13. The predicted molar refractivity (Wildman–Crippen MR) is 82.8 cm³/mol. The molecule has 0 radical (unpaired) electrons. The van der Waals surface area contributed by atoms with Crippen LogP contribution in [-0.4, -0.2) is 18.4 Å². The maximum absolute atomic E-state index is 12.1. The molecule has 0 saturated heterocycles. The fourth-order valence-electron chi connectivity index (χ4n) is 1.67. The Balaban J connectivity index is 2.16. The maximum atomic E-state index is 12.1. The van der Waals surface area contributed by atoms with Gasteiger partial charge in [-0.25, -0.2) is 8.42 Å². The van der Waals surface area contributed by atoms with Crippen LogP contribution in [0.4, 0.5) is 5.69 Å². The van der Waals surface area contributed by atoms with E-state index in [-0.39, 0.29) is 10.7 Å². The van der Waals surface area contributed by atoms with Crippen molar-refractivity contribution in [2.24, 2.45) is 5.73 Å². The van der Waals surface area contributed by atoms with Gasteiger partial charge in [0.15, 0.2) is 0 Å². The van der Waals surface area contributed by atoms with Crippen LogP contribution < -0.4 is 10.5 Å². The first-order valence-corrected chi connectivity index (χ1v) is 7.81. The number of anilines is 1. The number of aromatic nitrogens is 1. The molecular formula is C13H13N3O2S2. The first-order valence-electron chi connectivity index (χ1n) is 5.75. The third-order valence-corrected chi connectivity index (χ3v) is 4.02. The monoisotopic (exact) mass is 307 g/mol. The quantitative estimate of drug-likeness (QED) is 0.821. The summed E-state index contributed by atoms with van der Waals surface area (Å²) in [4.78, 5) is 4.07. The molecule has 1 heterocycles. The number of rotatable bonds is 5. The van der Waals surface area contributed by atoms with Crippen LogP contribution in [0.1, 0.15) is 11.1 Å². The lowest BCUT2D eigenvalue weighted by molar-refractivity contribution is 0.600. The molecule has 0 bridgehead atoms. The summed E-state index contributed by atoms with van der Waals surface area (Å²) >= 11 is 4.87. The molecule has 2 aromatic rings. The van der Waals surface area contributed by atoms with Crippen molar-refractivity contribution in [3.8, 4) is 0 Å². The van der Waals surface area contributed by atoms with E-state index in [1.54, 1.807) is 36.4 Å². The van der Waals surface area contributed by atoms with Crippen molar-refractivity contribution >= 4 is 32.9 Å². The zero-order valence-corrected chi connectivity index (χ0v) is 12.1. The number of hydrogen-bond donors (Lipinski definition) is 2. The fourth-order valence-corrected chi connectivity index (χ4v) is 2.98. The summed E-state index contributed by atoms with van der Waals surface area (Å²) < 4.78 is 26.6. The number of nitrogens with one attached hydrogen (secondary N) is 1. The van der Waals surface area contributed by atoms with Crippen molar-refractivity contribution in [3.63, 3.8) is 0 Å². The number of nitrogens with zero attached hydrogens (tertiary/aromatic N) is 1. The van der Waals surface area contributed by atoms with Gasteiger partial charge in [0.05, 0.1) is 11.4 Å². The van der Waals surface area contributed by atoms with Gasteiger partial charge in [0.2, 0.25) is 10.0 Å². The van der Waals surface area contributed by atoms with E-state index < -0.39 is 10.0 Å². The highest BCUT2D eigenvalue weighted by molar-refractivity contribution is 7.91. The molecule has 20 heavy (non-hydrogen) atoms. The molecule has 5 nitrogen and oxygen atoms in total. The summed E-state index contributed by atoms with van der Waals surface area (Å²) in [5.74, 6) is -0.147. The summed E-state index contributed by atoms with van der Waals surface area (Å²) in [6, 6.07) is 10.0.